The van der Waals surface area contributed by atoms with Crippen LogP contribution in [-0.2, 0) is 21.4 Å². The van der Waals surface area contributed by atoms with Crippen LogP contribution in [0.5, 0.6) is 0 Å². The van der Waals surface area contributed by atoms with Crippen LogP contribution in [0.3, 0.4) is 0 Å². The number of rotatable bonds is 5. The van der Waals surface area contributed by atoms with Crippen LogP contribution < -0.4 is 5.32 Å². The number of nitrogens with one attached hydrogen (secondary N) is 1. The van der Waals surface area contributed by atoms with Crippen molar-refractivity contribution in [1.29, 1.82) is 0 Å². The molecule has 25 heavy (non-hydrogen) atoms. The molecule has 0 saturated carbocycles. The van der Waals surface area contributed by atoms with E-state index in [0.717, 1.165) is 18.2 Å². The number of hydrogen-bond donors (Lipinski definition) is 3. The second-order valence-corrected chi connectivity index (χ2v) is 6.46. The lowest BCUT2D eigenvalue weighted by Gasteiger charge is -2.31. The summed E-state index contributed by atoms with van der Waals surface area (Å²) in [5, 5.41) is 21.5. The van der Waals surface area contributed by atoms with Gasteiger partial charge in [-0.2, -0.15) is 13.2 Å². The molecule has 0 spiro atoms. The van der Waals surface area contributed by atoms with Gasteiger partial charge in [0.05, 0.1) is 12.0 Å². The fraction of sp³-hybridized carbons (Fsp3) is 0.500. The Hall–Kier alpha value is -2.29. The Labute approximate surface area is 142 Å². The molecular weight excluding hydrogens is 343 g/mol. The second-order valence-electron chi connectivity index (χ2n) is 6.46. The highest BCUT2D eigenvalue weighted by atomic mass is 19.4. The molecule has 0 heterocycles. The number of halogens is 3. The molecule has 0 fully saturated rings. The van der Waals surface area contributed by atoms with E-state index in [0.29, 0.717) is 6.07 Å². The topological polar surface area (TPSA) is 95.9 Å². The van der Waals surface area contributed by atoms with Crippen molar-refractivity contribution in [3.8, 4) is 0 Å². The predicted molar refractivity (Wildman–Crippen MR) is 81.6 cm³/mol. The molecule has 9 heteroatoms. The molecule has 1 aromatic carbocycles. The number of benzene rings is 1. The summed E-state index contributed by atoms with van der Waals surface area (Å²) >= 11 is 0. The molecule has 6 nitrogen and oxygen atoms in total. The highest BCUT2D eigenvalue weighted by Crippen LogP contribution is 2.33. The average Bonchev–Trinajstić information content (AvgIpc) is 2.42. The monoisotopic (exact) mass is 363 g/mol. The maximum atomic E-state index is 12.9. The average molecular weight is 363 g/mol. The van der Waals surface area contributed by atoms with Crippen LogP contribution in [0.25, 0.3) is 0 Å². The van der Waals surface area contributed by atoms with Crippen LogP contribution >= 0.6 is 0 Å². The van der Waals surface area contributed by atoms with Gasteiger partial charge in [0.25, 0.3) is 0 Å². The number of alkyl halides is 3. The number of alkyl carbamates (subject to hydrolysis) is 1. The fourth-order valence-electron chi connectivity index (χ4n) is 1.99. The zero-order valence-electron chi connectivity index (χ0n) is 14.0. The Morgan fingerprint density at radius 1 is 1.16 bits per heavy atom. The standard InChI is InChI=1S/C16H20F3NO5/c1-14(2,3)25-13(23)20-15(24,8-7-12(21)22)10-5-4-6-11(9-10)16(17,18)19/h4-6,9,24H,7-8H2,1-3H3,(H,20,23)(H,21,22). The highest BCUT2D eigenvalue weighted by Gasteiger charge is 2.37. The van der Waals surface area contributed by atoms with Crippen molar-refractivity contribution in [3.05, 3.63) is 35.4 Å². The van der Waals surface area contributed by atoms with Crippen LogP contribution in [0.4, 0.5) is 18.0 Å². The number of aliphatic hydroxyl groups is 1. The number of carboxylic acid groups (broad SMARTS) is 1. The van der Waals surface area contributed by atoms with Gasteiger partial charge in [0.2, 0.25) is 0 Å². The lowest BCUT2D eigenvalue weighted by molar-refractivity contribution is -0.140. The van der Waals surface area contributed by atoms with Gasteiger partial charge in [-0.1, -0.05) is 12.1 Å². The SMILES string of the molecule is CC(C)(C)OC(=O)NC(O)(CCC(=O)O)c1cccc(C(F)(F)F)c1. The van der Waals surface area contributed by atoms with Crippen LogP contribution in [0.15, 0.2) is 24.3 Å². The van der Waals surface area contributed by atoms with Crippen molar-refractivity contribution in [2.75, 3.05) is 0 Å². The van der Waals surface area contributed by atoms with Gasteiger partial charge in [0.1, 0.15) is 5.60 Å². The smallest absolute Gasteiger partial charge is 0.416 e. The highest BCUT2D eigenvalue weighted by molar-refractivity contribution is 5.70. The Kier molecular flexibility index (Phi) is 6.06. The third-order valence-corrected chi connectivity index (χ3v) is 3.08. The minimum absolute atomic E-state index is 0.297. The Balaban J connectivity index is 3.19. The maximum Gasteiger partial charge on any atom is 0.416 e. The van der Waals surface area contributed by atoms with Gasteiger partial charge in [-0.15, -0.1) is 0 Å². The van der Waals surface area contributed by atoms with Gasteiger partial charge in [-0.3, -0.25) is 10.1 Å². The zero-order chi connectivity index (χ0) is 19.5. The Bertz CT molecular complexity index is 639. The van der Waals surface area contributed by atoms with Gasteiger partial charge in [-0.25, -0.2) is 4.79 Å². The molecule has 0 aliphatic rings. The molecule has 1 aromatic rings. The number of carbonyl (C=O) groups excluding carboxylic acids is 1. The summed E-state index contributed by atoms with van der Waals surface area (Å²) < 4.78 is 43.6. The number of hydrogen-bond acceptors (Lipinski definition) is 4. The number of aliphatic carboxylic acids is 1. The van der Waals surface area contributed by atoms with E-state index < -0.39 is 48.0 Å². The summed E-state index contributed by atoms with van der Waals surface area (Å²) in [7, 11) is 0. The molecule has 1 unspecified atom stereocenters. The summed E-state index contributed by atoms with van der Waals surface area (Å²) in [4.78, 5) is 22.7. The first-order valence-corrected chi connectivity index (χ1v) is 7.36. The van der Waals surface area contributed by atoms with E-state index in [1.54, 1.807) is 20.8 Å². The molecule has 140 valence electrons. The second kappa shape index (κ2) is 7.30. The Morgan fingerprint density at radius 3 is 2.20 bits per heavy atom. The predicted octanol–water partition coefficient (Wildman–Crippen LogP) is 3.24. The molecule has 0 saturated heterocycles. The molecular formula is C16H20F3NO5. The van der Waals surface area contributed by atoms with Crippen molar-refractivity contribution in [2.24, 2.45) is 0 Å². The summed E-state index contributed by atoms with van der Waals surface area (Å²) in [6.07, 6.45) is -6.86. The van der Waals surface area contributed by atoms with Gasteiger partial charge < -0.3 is 14.9 Å². The quantitative estimate of drug-likeness (QED) is 0.698. The van der Waals surface area contributed by atoms with E-state index >= 15 is 0 Å². The summed E-state index contributed by atoms with van der Waals surface area (Å²) in [5.41, 5.74) is -4.58. The molecule has 0 aromatic heterocycles. The van der Waals surface area contributed by atoms with Crippen LogP contribution in [0, 0.1) is 0 Å². The van der Waals surface area contributed by atoms with E-state index in [9.17, 15) is 27.9 Å². The molecule has 0 radical (unpaired) electrons. The summed E-state index contributed by atoms with van der Waals surface area (Å²) in [6.45, 7) is 4.69. The molecule has 1 atom stereocenters. The molecule has 1 amide bonds. The third-order valence-electron chi connectivity index (χ3n) is 3.08. The molecule has 3 N–H and O–H groups in total. The molecule has 0 aliphatic heterocycles. The van der Waals surface area contributed by atoms with E-state index in [-0.39, 0.29) is 5.56 Å². The molecule has 0 bridgehead atoms. The van der Waals surface area contributed by atoms with Crippen LogP contribution in [0.1, 0.15) is 44.7 Å². The Morgan fingerprint density at radius 2 is 1.72 bits per heavy atom. The first kappa shape index (κ1) is 20.8. The molecule has 0 aliphatic carbocycles. The largest absolute Gasteiger partial charge is 0.481 e. The van der Waals surface area contributed by atoms with Crippen molar-refractivity contribution < 1.29 is 37.7 Å². The first-order chi connectivity index (χ1) is 11.2. The van der Waals surface area contributed by atoms with Crippen LogP contribution in [-0.4, -0.2) is 27.9 Å². The summed E-state index contributed by atoms with van der Waals surface area (Å²) in [6, 6.07) is 3.67. The van der Waals surface area contributed by atoms with Crippen molar-refractivity contribution in [2.45, 2.75) is 51.1 Å². The summed E-state index contributed by atoms with van der Waals surface area (Å²) in [5.74, 6) is -1.28. The lowest BCUT2D eigenvalue weighted by atomic mass is 9.95. The minimum atomic E-state index is -4.66. The third kappa shape index (κ3) is 6.61. The van der Waals surface area contributed by atoms with Crippen molar-refractivity contribution >= 4 is 12.1 Å². The maximum absolute atomic E-state index is 12.9. The zero-order valence-corrected chi connectivity index (χ0v) is 14.0. The van der Waals surface area contributed by atoms with Gasteiger partial charge in [0, 0.05) is 12.0 Å². The normalized spacial score (nSPS) is 14.5. The number of ether oxygens (including phenoxy) is 1. The number of carbonyl (C=O) groups is 2. The van der Waals surface area contributed by atoms with E-state index in [4.69, 9.17) is 9.84 Å². The van der Waals surface area contributed by atoms with Gasteiger partial charge >= 0.3 is 18.2 Å². The number of carboxylic acids is 1. The molecule has 1 rings (SSSR count). The van der Waals surface area contributed by atoms with Crippen LogP contribution in [0.2, 0.25) is 0 Å². The number of amides is 1. The first-order valence-electron chi connectivity index (χ1n) is 7.36. The van der Waals surface area contributed by atoms with Gasteiger partial charge in [-0.05, 0) is 32.9 Å². The lowest BCUT2D eigenvalue weighted by Crippen LogP contribution is -2.48. The van der Waals surface area contributed by atoms with E-state index in [2.05, 4.69) is 5.32 Å². The van der Waals surface area contributed by atoms with Crippen molar-refractivity contribution in [3.63, 3.8) is 0 Å². The van der Waals surface area contributed by atoms with Crippen molar-refractivity contribution in [1.82, 2.24) is 5.32 Å². The van der Waals surface area contributed by atoms with E-state index in [1.165, 1.54) is 0 Å². The fourth-order valence-corrected chi connectivity index (χ4v) is 1.99. The minimum Gasteiger partial charge on any atom is -0.481 e. The van der Waals surface area contributed by atoms with Gasteiger partial charge in [0.15, 0.2) is 5.72 Å². The van der Waals surface area contributed by atoms with E-state index in [1.807, 2.05) is 0 Å².